The molecule has 0 aromatic carbocycles. The van der Waals surface area contributed by atoms with Gasteiger partial charge < -0.3 is 13.3 Å². The fourth-order valence-corrected chi connectivity index (χ4v) is 34.8. The average Bonchev–Trinajstić information content (AvgIpc) is 2.06. The van der Waals surface area contributed by atoms with Crippen molar-refractivity contribution in [1.82, 2.24) is 0 Å². The topological polar surface area (TPSA) is 27.7 Å². The SMILES string of the molecule is CCO[Si](OCC)(OCC)[SiH2][SiH2][SiH3]. The van der Waals surface area contributed by atoms with E-state index in [0.29, 0.717) is 0 Å². The van der Waals surface area contributed by atoms with Crippen LogP contribution in [0.4, 0.5) is 0 Å². The molecule has 0 heterocycles. The van der Waals surface area contributed by atoms with E-state index in [0.717, 1.165) is 19.8 Å². The number of hydrogen-bond donors (Lipinski definition) is 0. The summed E-state index contributed by atoms with van der Waals surface area (Å²) in [6.07, 6.45) is 0. The Morgan fingerprint density at radius 3 is 1.62 bits per heavy atom. The fourth-order valence-electron chi connectivity index (χ4n) is 1.31. The molecule has 0 aliphatic rings. The zero-order valence-corrected chi connectivity index (χ0v) is 15.1. The molecule has 0 bridgehead atoms. The Hall–Kier alpha value is 0.748. The van der Waals surface area contributed by atoms with E-state index in [4.69, 9.17) is 13.3 Å². The highest BCUT2D eigenvalue weighted by molar-refractivity contribution is 7.46. The fraction of sp³-hybridized carbons (Fsp3) is 1.00. The van der Waals surface area contributed by atoms with Gasteiger partial charge in [0.05, 0.1) is 0 Å². The minimum atomic E-state index is -2.06. The maximum atomic E-state index is 5.76. The second kappa shape index (κ2) is 8.09. The maximum Gasteiger partial charge on any atom is 0.458 e. The highest BCUT2D eigenvalue weighted by Gasteiger charge is 2.38. The van der Waals surface area contributed by atoms with Crippen LogP contribution in [0.3, 0.4) is 0 Å². The van der Waals surface area contributed by atoms with Crippen LogP contribution in [0.15, 0.2) is 0 Å². The van der Waals surface area contributed by atoms with Gasteiger partial charge in [-0.3, -0.25) is 0 Å². The molecule has 0 aromatic rings. The van der Waals surface area contributed by atoms with E-state index in [2.05, 4.69) is 0 Å². The van der Waals surface area contributed by atoms with E-state index in [9.17, 15) is 0 Å². The Balaban J connectivity index is 4.19. The first-order valence-electron chi connectivity index (χ1n) is 5.16. The Morgan fingerprint density at radius 1 is 1.00 bits per heavy atom. The summed E-state index contributed by atoms with van der Waals surface area (Å²) in [6, 6.07) is 0. The first-order chi connectivity index (χ1) is 6.24. The highest BCUT2D eigenvalue weighted by atomic mass is 29.7. The van der Waals surface area contributed by atoms with E-state index in [-0.39, 0.29) is 17.1 Å². The van der Waals surface area contributed by atoms with Gasteiger partial charge in [0.1, 0.15) is 8.55 Å². The molecule has 0 saturated heterocycles. The second-order valence-corrected chi connectivity index (χ2v) is 27.1. The molecular formula is C6H22O3Si4. The largest absolute Gasteiger partial charge is 0.458 e. The van der Waals surface area contributed by atoms with Crippen LogP contribution >= 0.6 is 0 Å². The number of rotatable bonds is 8. The van der Waals surface area contributed by atoms with Crippen molar-refractivity contribution in [3.63, 3.8) is 0 Å². The third kappa shape index (κ3) is 5.25. The van der Waals surface area contributed by atoms with E-state index < -0.39 is 8.32 Å². The minimum Gasteiger partial charge on any atom is -0.377 e. The normalized spacial score (nSPS) is 14.1. The summed E-state index contributed by atoms with van der Waals surface area (Å²) >= 11 is 0. The molecule has 0 aliphatic heterocycles. The van der Waals surface area contributed by atoms with Crippen molar-refractivity contribution >= 4 is 35.2 Å². The van der Waals surface area contributed by atoms with Crippen molar-refractivity contribution in [2.45, 2.75) is 20.8 Å². The van der Waals surface area contributed by atoms with Crippen molar-refractivity contribution in [2.75, 3.05) is 19.8 Å². The molecule has 0 unspecified atom stereocenters. The third-order valence-corrected chi connectivity index (χ3v) is 33.6. The van der Waals surface area contributed by atoms with Gasteiger partial charge in [-0.15, -0.1) is 0 Å². The number of hydrogen-bond acceptors (Lipinski definition) is 3. The van der Waals surface area contributed by atoms with Crippen LogP contribution in [0.25, 0.3) is 0 Å². The predicted octanol–water partition coefficient (Wildman–Crippen LogP) is -1.94. The minimum absolute atomic E-state index is 0.131. The van der Waals surface area contributed by atoms with Crippen molar-refractivity contribution in [3.05, 3.63) is 0 Å². The first kappa shape index (κ1) is 13.7. The molecule has 0 aliphatic carbocycles. The van der Waals surface area contributed by atoms with Crippen LogP contribution < -0.4 is 0 Å². The van der Waals surface area contributed by atoms with Crippen LogP contribution in [-0.4, -0.2) is 55.0 Å². The maximum absolute atomic E-state index is 5.76. The molecule has 0 saturated carbocycles. The van der Waals surface area contributed by atoms with Crippen LogP contribution in [0, 0.1) is 0 Å². The Labute approximate surface area is 89.3 Å². The molecule has 0 atom stereocenters. The Bertz CT molecular complexity index is 94.9. The molecule has 0 fully saturated rings. The quantitative estimate of drug-likeness (QED) is 0.472. The van der Waals surface area contributed by atoms with E-state index in [1.165, 1.54) is 9.76 Å². The predicted molar refractivity (Wildman–Crippen MR) is 67.7 cm³/mol. The van der Waals surface area contributed by atoms with Gasteiger partial charge in [-0.25, -0.2) is 0 Å². The van der Waals surface area contributed by atoms with E-state index in [1.54, 1.807) is 0 Å². The second-order valence-electron chi connectivity index (χ2n) is 2.73. The molecule has 0 amide bonds. The molecule has 0 spiro atoms. The van der Waals surface area contributed by atoms with Crippen LogP contribution in [0.5, 0.6) is 0 Å². The zero-order chi connectivity index (χ0) is 10.2. The van der Waals surface area contributed by atoms with Gasteiger partial charge in [0.25, 0.3) is 0 Å². The smallest absolute Gasteiger partial charge is 0.377 e. The van der Waals surface area contributed by atoms with Gasteiger partial charge in [0, 0.05) is 19.8 Å². The van der Waals surface area contributed by atoms with Crippen LogP contribution in [-0.2, 0) is 13.3 Å². The lowest BCUT2D eigenvalue weighted by molar-refractivity contribution is 0.0936. The standard InChI is InChI=1S/C6H22O3Si4/c1-4-7-13(8-5-2,9-6-3)12-11-10/h4-6,11-12H2,1-3,10H3. The summed E-state index contributed by atoms with van der Waals surface area (Å²) in [4.78, 5) is 0. The zero-order valence-electron chi connectivity index (χ0n) is 9.26. The average molecular weight is 255 g/mol. The van der Waals surface area contributed by atoms with Gasteiger partial charge in [-0.05, 0) is 39.1 Å². The summed E-state index contributed by atoms with van der Waals surface area (Å²) < 4.78 is 17.3. The molecule has 0 aromatic heterocycles. The van der Waals surface area contributed by atoms with Crippen molar-refractivity contribution in [3.8, 4) is 0 Å². The lowest BCUT2D eigenvalue weighted by Gasteiger charge is -2.28. The first-order valence-corrected chi connectivity index (χ1v) is 18.9. The third-order valence-electron chi connectivity index (χ3n) is 1.65. The van der Waals surface area contributed by atoms with Gasteiger partial charge in [-0.1, -0.05) is 0 Å². The van der Waals surface area contributed by atoms with Gasteiger partial charge >= 0.3 is 8.32 Å². The van der Waals surface area contributed by atoms with Gasteiger partial charge in [-0.2, -0.15) is 0 Å². The van der Waals surface area contributed by atoms with E-state index in [1.807, 2.05) is 20.8 Å². The van der Waals surface area contributed by atoms with E-state index >= 15 is 0 Å². The molecule has 0 radical (unpaired) electrons. The molecule has 7 heteroatoms. The van der Waals surface area contributed by atoms with Crippen LogP contribution in [0.2, 0.25) is 0 Å². The Morgan fingerprint density at radius 2 is 1.38 bits per heavy atom. The molecule has 3 nitrogen and oxygen atoms in total. The summed E-state index contributed by atoms with van der Waals surface area (Å²) in [7, 11) is -0.591. The summed E-state index contributed by atoms with van der Waals surface area (Å²) in [5.74, 6) is 0. The molecular weight excluding hydrogens is 232 g/mol. The summed E-state index contributed by atoms with van der Waals surface area (Å²) in [5.41, 5.74) is 0. The van der Waals surface area contributed by atoms with Gasteiger partial charge in [0.15, 0.2) is 0 Å². The summed E-state index contributed by atoms with van der Waals surface area (Å²) in [5, 5.41) is 0. The van der Waals surface area contributed by atoms with Crippen molar-refractivity contribution in [2.24, 2.45) is 0 Å². The molecule has 80 valence electrons. The van der Waals surface area contributed by atoms with Crippen LogP contribution in [0.1, 0.15) is 20.8 Å². The van der Waals surface area contributed by atoms with Crippen molar-refractivity contribution in [1.29, 1.82) is 0 Å². The monoisotopic (exact) mass is 254 g/mol. The van der Waals surface area contributed by atoms with Gasteiger partial charge in [0.2, 0.25) is 0 Å². The van der Waals surface area contributed by atoms with Crippen molar-refractivity contribution < 1.29 is 13.3 Å². The lowest BCUT2D eigenvalue weighted by atomic mass is 10.9. The lowest BCUT2D eigenvalue weighted by Crippen LogP contribution is -2.54. The highest BCUT2D eigenvalue weighted by Crippen LogP contribution is 2.07. The molecule has 13 heavy (non-hydrogen) atoms. The molecule has 0 N–H and O–H groups in total. The summed E-state index contributed by atoms with van der Waals surface area (Å²) in [6.45, 7) is 8.33. The Kier molecular flexibility index (Phi) is 8.55. The molecule has 0 rings (SSSR count).